The number of esters is 1. The van der Waals surface area contributed by atoms with Crippen molar-refractivity contribution < 1.29 is 29.0 Å². The van der Waals surface area contributed by atoms with Crippen LogP contribution in [0.1, 0.15) is 48.0 Å². The third kappa shape index (κ3) is 6.39. The van der Waals surface area contributed by atoms with E-state index in [9.17, 15) is 19.5 Å². The zero-order chi connectivity index (χ0) is 24.7. The van der Waals surface area contributed by atoms with E-state index in [2.05, 4.69) is 9.80 Å². The van der Waals surface area contributed by atoms with Crippen LogP contribution in [0.25, 0.3) is 0 Å². The van der Waals surface area contributed by atoms with Crippen LogP contribution in [0.4, 0.5) is 0 Å². The first-order valence-electron chi connectivity index (χ1n) is 12.8. The minimum absolute atomic E-state index is 0.166. The summed E-state index contributed by atoms with van der Waals surface area (Å²) in [6, 6.07) is 6.91. The van der Waals surface area contributed by atoms with E-state index in [0.29, 0.717) is 64.4 Å². The number of hydrogen-bond donors (Lipinski definition) is 1. The van der Waals surface area contributed by atoms with Gasteiger partial charge in [0.15, 0.2) is 0 Å². The predicted molar refractivity (Wildman–Crippen MR) is 129 cm³/mol. The van der Waals surface area contributed by atoms with Gasteiger partial charge in [0.25, 0.3) is 0 Å². The van der Waals surface area contributed by atoms with Crippen LogP contribution >= 0.6 is 0 Å². The molecule has 0 atom stereocenters. The number of morpholine rings is 1. The zero-order valence-electron chi connectivity index (χ0n) is 20.5. The molecule has 4 rings (SSSR count). The molecule has 1 aliphatic carbocycles. The summed E-state index contributed by atoms with van der Waals surface area (Å²) in [4.78, 5) is 43.2. The van der Waals surface area contributed by atoms with E-state index in [0.717, 1.165) is 51.0 Å². The Morgan fingerprint density at radius 3 is 2.14 bits per heavy atom. The number of carbonyl (C=O) groups is 3. The fourth-order valence-corrected chi connectivity index (χ4v) is 5.33. The lowest BCUT2D eigenvalue weighted by Gasteiger charge is -2.35. The number of hydrogen-bond acceptors (Lipinski definition) is 7. The van der Waals surface area contributed by atoms with Crippen LogP contribution in [0, 0.1) is 0 Å². The highest BCUT2D eigenvalue weighted by atomic mass is 16.5. The van der Waals surface area contributed by atoms with Crippen LogP contribution in [-0.2, 0) is 24.5 Å². The Labute approximate surface area is 206 Å². The van der Waals surface area contributed by atoms with Gasteiger partial charge in [-0.1, -0.05) is 31.4 Å². The van der Waals surface area contributed by atoms with Gasteiger partial charge in [-0.15, -0.1) is 0 Å². The maximum Gasteiger partial charge on any atom is 0.338 e. The molecular formula is C26H37N3O6. The summed E-state index contributed by atoms with van der Waals surface area (Å²) in [7, 11) is 0. The van der Waals surface area contributed by atoms with Gasteiger partial charge < -0.3 is 19.5 Å². The number of rotatable bonds is 8. The molecule has 9 heteroatoms. The van der Waals surface area contributed by atoms with Crippen LogP contribution in [0.2, 0.25) is 0 Å². The Kier molecular flexibility index (Phi) is 8.75. The van der Waals surface area contributed by atoms with Gasteiger partial charge in [0.2, 0.25) is 5.91 Å². The summed E-state index contributed by atoms with van der Waals surface area (Å²) in [5.41, 5.74) is 0.373. The Morgan fingerprint density at radius 1 is 0.886 bits per heavy atom. The number of ether oxygens (including phenoxy) is 2. The molecular weight excluding hydrogens is 450 g/mol. The second-order valence-corrected chi connectivity index (χ2v) is 9.77. The fraction of sp³-hybridized carbons (Fsp3) is 0.654. The number of carboxylic acids is 1. The SMILES string of the molecule is O=C(OCCN1CCN(CC(=O)N2CCOCC2)CC1)c1ccc(C2(C(=O)O)CCCCC2)cc1. The summed E-state index contributed by atoms with van der Waals surface area (Å²) < 4.78 is 10.8. The molecule has 0 radical (unpaired) electrons. The number of carbonyl (C=O) groups excluding carboxylic acids is 2. The van der Waals surface area contributed by atoms with Crippen molar-refractivity contribution >= 4 is 17.8 Å². The molecule has 0 unspecified atom stereocenters. The molecule has 2 saturated heterocycles. The van der Waals surface area contributed by atoms with Crippen molar-refractivity contribution in [2.45, 2.75) is 37.5 Å². The lowest BCUT2D eigenvalue weighted by molar-refractivity contribution is -0.145. The van der Waals surface area contributed by atoms with Gasteiger partial charge in [0.1, 0.15) is 6.61 Å². The number of piperazine rings is 1. The molecule has 9 nitrogen and oxygen atoms in total. The molecule has 1 amide bonds. The monoisotopic (exact) mass is 487 g/mol. The second-order valence-electron chi connectivity index (χ2n) is 9.77. The smallest absolute Gasteiger partial charge is 0.338 e. The van der Waals surface area contributed by atoms with Crippen LogP contribution < -0.4 is 0 Å². The molecule has 1 saturated carbocycles. The van der Waals surface area contributed by atoms with Crippen LogP contribution in [0.3, 0.4) is 0 Å². The second kappa shape index (κ2) is 12.0. The summed E-state index contributed by atoms with van der Waals surface area (Å²) in [6.07, 6.45) is 4.17. The minimum Gasteiger partial charge on any atom is -0.481 e. The Morgan fingerprint density at radius 2 is 1.51 bits per heavy atom. The Hall–Kier alpha value is -2.49. The van der Waals surface area contributed by atoms with E-state index >= 15 is 0 Å². The predicted octanol–water partition coefficient (Wildman–Crippen LogP) is 1.61. The lowest BCUT2D eigenvalue weighted by atomic mass is 9.69. The zero-order valence-corrected chi connectivity index (χ0v) is 20.5. The highest BCUT2D eigenvalue weighted by Crippen LogP contribution is 2.39. The van der Waals surface area contributed by atoms with Gasteiger partial charge in [0, 0.05) is 45.8 Å². The van der Waals surface area contributed by atoms with Gasteiger partial charge in [0.05, 0.1) is 30.7 Å². The van der Waals surface area contributed by atoms with Gasteiger partial charge in [-0.2, -0.15) is 0 Å². The average Bonchev–Trinajstić information content (AvgIpc) is 2.90. The van der Waals surface area contributed by atoms with Crippen molar-refractivity contribution in [1.29, 1.82) is 0 Å². The van der Waals surface area contributed by atoms with E-state index in [1.807, 2.05) is 4.90 Å². The summed E-state index contributed by atoms with van der Waals surface area (Å²) in [5.74, 6) is -1.00. The quantitative estimate of drug-likeness (QED) is 0.552. The minimum atomic E-state index is -0.838. The fourth-order valence-electron chi connectivity index (χ4n) is 5.33. The van der Waals surface area contributed by atoms with E-state index in [1.54, 1.807) is 24.3 Å². The molecule has 0 bridgehead atoms. The molecule has 1 aromatic rings. The Bertz CT molecular complexity index is 870. The third-order valence-electron chi connectivity index (χ3n) is 7.62. The van der Waals surface area contributed by atoms with Gasteiger partial charge in [-0.25, -0.2) is 4.79 Å². The van der Waals surface area contributed by atoms with Crippen molar-refractivity contribution in [3.8, 4) is 0 Å². The molecule has 2 aliphatic heterocycles. The Balaban J connectivity index is 1.18. The summed E-state index contributed by atoms with van der Waals surface area (Å²) in [6.45, 7) is 7.27. The van der Waals surface area contributed by atoms with Crippen molar-refractivity contribution in [3.05, 3.63) is 35.4 Å². The lowest BCUT2D eigenvalue weighted by Crippen LogP contribution is -2.52. The van der Waals surface area contributed by atoms with Crippen LogP contribution in [0.5, 0.6) is 0 Å². The molecule has 1 aromatic carbocycles. The number of aliphatic carboxylic acids is 1. The number of carboxylic acid groups (broad SMARTS) is 1. The molecule has 3 fully saturated rings. The largest absolute Gasteiger partial charge is 0.481 e. The summed E-state index contributed by atoms with van der Waals surface area (Å²) in [5, 5.41) is 9.86. The van der Waals surface area contributed by atoms with Crippen LogP contribution in [0.15, 0.2) is 24.3 Å². The summed E-state index contributed by atoms with van der Waals surface area (Å²) >= 11 is 0. The molecule has 35 heavy (non-hydrogen) atoms. The van der Waals surface area contributed by atoms with Crippen LogP contribution in [-0.4, -0.2) is 110 Å². The highest BCUT2D eigenvalue weighted by molar-refractivity contribution is 5.90. The van der Waals surface area contributed by atoms with E-state index < -0.39 is 11.4 Å². The average molecular weight is 488 g/mol. The first kappa shape index (κ1) is 25.6. The molecule has 1 N–H and O–H groups in total. The molecule has 192 valence electrons. The molecule has 2 heterocycles. The molecule has 3 aliphatic rings. The van der Waals surface area contributed by atoms with Gasteiger partial charge >= 0.3 is 11.9 Å². The van der Waals surface area contributed by atoms with Crippen molar-refractivity contribution in [3.63, 3.8) is 0 Å². The standard InChI is InChI=1S/C26H37N3O6/c30-23(29-15-17-34-18-16-29)20-28-12-10-27(11-13-28)14-19-35-24(31)21-4-6-22(7-5-21)26(25(32)33)8-2-1-3-9-26/h4-7H,1-3,8-20H2,(H,32,33). The normalized spacial score (nSPS) is 21.4. The first-order chi connectivity index (χ1) is 17.0. The van der Waals surface area contributed by atoms with E-state index in [4.69, 9.17) is 9.47 Å². The molecule has 0 aromatic heterocycles. The topological polar surface area (TPSA) is 99.6 Å². The number of benzene rings is 1. The van der Waals surface area contributed by atoms with Crippen molar-refractivity contribution in [1.82, 2.24) is 14.7 Å². The molecule has 0 spiro atoms. The maximum absolute atomic E-state index is 12.5. The highest BCUT2D eigenvalue weighted by Gasteiger charge is 2.41. The van der Waals surface area contributed by atoms with Gasteiger partial charge in [-0.3, -0.25) is 19.4 Å². The van der Waals surface area contributed by atoms with Gasteiger partial charge in [-0.05, 0) is 30.5 Å². The maximum atomic E-state index is 12.5. The first-order valence-corrected chi connectivity index (χ1v) is 12.8. The van der Waals surface area contributed by atoms with Crippen molar-refractivity contribution in [2.24, 2.45) is 0 Å². The third-order valence-corrected chi connectivity index (χ3v) is 7.62. The van der Waals surface area contributed by atoms with E-state index in [-0.39, 0.29) is 11.9 Å². The van der Waals surface area contributed by atoms with E-state index in [1.165, 1.54) is 0 Å². The number of nitrogens with zero attached hydrogens (tertiary/aromatic N) is 3. The number of amides is 1. The van der Waals surface area contributed by atoms with Crippen molar-refractivity contribution in [2.75, 3.05) is 72.2 Å².